The van der Waals surface area contributed by atoms with Crippen LogP contribution in [0.5, 0.6) is 0 Å². The Hall–Kier alpha value is -3.42. The molecule has 0 spiro atoms. The molecular formula is C16H30N6O12. The lowest BCUT2D eigenvalue weighted by Crippen LogP contribution is -2.38. The van der Waals surface area contributed by atoms with Crippen LogP contribution in [0.1, 0.15) is 0 Å². The van der Waals surface area contributed by atoms with Crippen molar-refractivity contribution in [2.45, 2.75) is 12.6 Å². The number of aliphatic hydroxyl groups is 4. The van der Waals surface area contributed by atoms with Crippen LogP contribution in [0, 0.1) is 0 Å². The number of hydrogen-bond acceptors (Lipinski definition) is 16. The van der Waals surface area contributed by atoms with Crippen LogP contribution in [-0.4, -0.2) is 141 Å². The van der Waals surface area contributed by atoms with Gasteiger partial charge in [0.15, 0.2) is 12.6 Å². The monoisotopic (exact) mass is 498 g/mol. The van der Waals surface area contributed by atoms with Crippen molar-refractivity contribution < 1.29 is 59.3 Å². The number of carboxylic acid groups (broad SMARTS) is 2. The van der Waals surface area contributed by atoms with Gasteiger partial charge in [-0.3, -0.25) is 19.6 Å². The van der Waals surface area contributed by atoms with Gasteiger partial charge in [-0.05, 0) is 0 Å². The molecule has 0 atom stereocenters. The Labute approximate surface area is 192 Å². The van der Waals surface area contributed by atoms with E-state index in [1.54, 1.807) is 0 Å². The van der Waals surface area contributed by atoms with Crippen molar-refractivity contribution in [2.24, 2.45) is 9.98 Å². The quantitative estimate of drug-likeness (QED) is 0.104. The average Bonchev–Trinajstić information content (AvgIpc) is 3.34. The maximum Gasteiger partial charge on any atom is 0.371 e. The van der Waals surface area contributed by atoms with Crippen LogP contribution in [0.25, 0.3) is 0 Å². The fourth-order valence-electron chi connectivity index (χ4n) is 2.42. The lowest BCUT2D eigenvalue weighted by molar-refractivity contribution is -0.157. The first-order chi connectivity index (χ1) is 15.0. The molecule has 0 aliphatic carbocycles. The Bertz CT molecular complexity index is 695. The number of esters is 2. The highest BCUT2D eigenvalue weighted by molar-refractivity contribution is 6.35. The van der Waals surface area contributed by atoms with Crippen LogP contribution >= 0.6 is 0 Å². The second kappa shape index (κ2) is 16.2. The molecule has 0 amide bonds. The van der Waals surface area contributed by atoms with E-state index in [2.05, 4.69) is 19.5 Å². The maximum absolute atomic E-state index is 11.1. The number of nitrogens with zero attached hydrogens (tertiary/aromatic N) is 4. The first-order valence-corrected chi connectivity index (χ1v) is 9.10. The molecule has 0 aromatic heterocycles. The van der Waals surface area contributed by atoms with Gasteiger partial charge in [0.05, 0.1) is 13.1 Å². The summed E-state index contributed by atoms with van der Waals surface area (Å²) in [4.78, 5) is 53.5. The van der Waals surface area contributed by atoms with E-state index < -0.39 is 49.7 Å². The number of carboxylic acids is 2. The molecular weight excluding hydrogens is 468 g/mol. The van der Waals surface area contributed by atoms with Crippen LogP contribution in [-0.2, 0) is 28.7 Å². The summed E-state index contributed by atoms with van der Waals surface area (Å²) < 4.78 is 8.93. The lowest BCUT2D eigenvalue weighted by Gasteiger charge is -2.16. The summed E-state index contributed by atoms with van der Waals surface area (Å²) in [7, 11) is 0. The molecule has 34 heavy (non-hydrogen) atoms. The molecule has 2 heterocycles. The lowest BCUT2D eigenvalue weighted by atomic mass is 10.4. The van der Waals surface area contributed by atoms with Crippen LogP contribution in [0.15, 0.2) is 9.98 Å². The topological polar surface area (TPSA) is 309 Å². The number of aliphatic hydroxyl groups excluding tert-OH is 2. The number of carbonyl (C=O) groups excluding carboxylic acids is 2. The molecule has 18 nitrogen and oxygen atoms in total. The third kappa shape index (κ3) is 12.0. The van der Waals surface area contributed by atoms with Gasteiger partial charge in [0.2, 0.25) is 11.7 Å². The molecule has 2 rings (SSSR count). The highest BCUT2D eigenvalue weighted by atomic mass is 16.6. The number of hydrogen-bond donors (Lipinski definition) is 8. The van der Waals surface area contributed by atoms with Crippen LogP contribution in [0.4, 0.5) is 0 Å². The third-order valence-electron chi connectivity index (χ3n) is 3.67. The number of ether oxygens (including phenoxy) is 2. The number of rotatable bonds is 10. The van der Waals surface area contributed by atoms with E-state index in [1.165, 1.54) is 9.80 Å². The van der Waals surface area contributed by atoms with Crippen molar-refractivity contribution in [1.29, 1.82) is 0 Å². The molecule has 0 saturated heterocycles. The fraction of sp³-hybridized carbons (Fsp3) is 0.625. The van der Waals surface area contributed by atoms with E-state index in [9.17, 15) is 19.2 Å². The Balaban J connectivity index is 0. The zero-order chi connectivity index (χ0) is 24.3. The fourth-order valence-corrected chi connectivity index (χ4v) is 2.42. The van der Waals surface area contributed by atoms with Gasteiger partial charge in [0.25, 0.3) is 0 Å². The van der Waals surface area contributed by atoms with E-state index in [4.69, 9.17) is 30.6 Å². The minimum absolute atomic E-state index is 0. The number of aliphatic carboxylic acids is 2. The van der Waals surface area contributed by atoms with Gasteiger partial charge in [-0.15, -0.1) is 0 Å². The van der Waals surface area contributed by atoms with Gasteiger partial charge in [0, 0.05) is 13.1 Å². The first kappa shape index (κ1) is 32.8. The molecule has 0 bridgehead atoms. The highest BCUT2D eigenvalue weighted by Crippen LogP contribution is 2.03. The second-order valence-electron chi connectivity index (χ2n) is 6.19. The van der Waals surface area contributed by atoms with E-state index in [1.807, 2.05) is 0 Å². The van der Waals surface area contributed by atoms with Gasteiger partial charge < -0.3 is 62.2 Å². The summed E-state index contributed by atoms with van der Waals surface area (Å²) in [6.07, 6.45) is -3.45. The average molecular weight is 498 g/mol. The smallest absolute Gasteiger partial charge is 0.371 e. The number of amidine groups is 2. The molecule has 0 unspecified atom stereocenters. The first-order valence-electron chi connectivity index (χ1n) is 9.10. The SMILES string of the molecule is N.N.O=C(CN1CCN=C1C(=O)O)OCC(O)O.O=C(CN1CCN=C1C(=O)O)OCC(O)O. The summed E-state index contributed by atoms with van der Waals surface area (Å²) >= 11 is 0. The zero-order valence-electron chi connectivity index (χ0n) is 18.1. The standard InChI is InChI=1S/2C8H12N2O6.2H3N/c2*11-5(12)4-16-6(13)3-10-2-1-9-7(10)8(14)15;;/h2*5,11-12H,1-4H2,(H,14,15);2*1H3. The predicted octanol–water partition coefficient (Wildman–Crippen LogP) is -4.40. The largest absolute Gasteiger partial charge is 0.475 e. The van der Waals surface area contributed by atoms with E-state index in [0.717, 1.165) is 0 Å². The normalized spacial score (nSPS) is 14.3. The molecule has 2 aliphatic heterocycles. The van der Waals surface area contributed by atoms with Crippen molar-refractivity contribution in [3.05, 3.63) is 0 Å². The predicted molar refractivity (Wildman–Crippen MR) is 111 cm³/mol. The van der Waals surface area contributed by atoms with Crippen molar-refractivity contribution in [1.82, 2.24) is 22.1 Å². The number of carbonyl (C=O) groups is 4. The van der Waals surface area contributed by atoms with Crippen molar-refractivity contribution in [3.8, 4) is 0 Å². The molecule has 2 aliphatic rings. The van der Waals surface area contributed by atoms with Crippen LogP contribution in [0.2, 0.25) is 0 Å². The maximum atomic E-state index is 11.1. The summed E-state index contributed by atoms with van der Waals surface area (Å²) in [5, 5.41) is 51.2. The van der Waals surface area contributed by atoms with Crippen molar-refractivity contribution >= 4 is 35.5 Å². The molecule has 12 N–H and O–H groups in total. The minimum Gasteiger partial charge on any atom is -0.475 e. The summed E-state index contributed by atoms with van der Waals surface area (Å²) in [5.74, 6) is -4.23. The summed E-state index contributed by atoms with van der Waals surface area (Å²) in [5.41, 5.74) is 0. The Kier molecular flexibility index (Phi) is 15.6. The Morgan fingerprint density at radius 3 is 1.32 bits per heavy atom. The minimum atomic E-state index is -1.73. The highest BCUT2D eigenvalue weighted by Gasteiger charge is 2.26. The molecule has 0 aromatic carbocycles. The molecule has 196 valence electrons. The van der Waals surface area contributed by atoms with Crippen LogP contribution < -0.4 is 12.3 Å². The second-order valence-corrected chi connectivity index (χ2v) is 6.19. The number of aliphatic imine (C=N–C) groups is 2. The molecule has 0 saturated carbocycles. The molecule has 0 fully saturated rings. The van der Waals surface area contributed by atoms with Gasteiger partial charge in [0.1, 0.15) is 26.3 Å². The molecule has 18 heteroatoms. The Morgan fingerprint density at radius 2 is 1.06 bits per heavy atom. The zero-order valence-corrected chi connectivity index (χ0v) is 18.1. The van der Waals surface area contributed by atoms with Crippen molar-refractivity contribution in [3.63, 3.8) is 0 Å². The van der Waals surface area contributed by atoms with E-state index >= 15 is 0 Å². The third-order valence-corrected chi connectivity index (χ3v) is 3.67. The Morgan fingerprint density at radius 1 is 0.735 bits per heavy atom. The van der Waals surface area contributed by atoms with Gasteiger partial charge in [-0.25, -0.2) is 9.59 Å². The van der Waals surface area contributed by atoms with Crippen molar-refractivity contribution in [2.75, 3.05) is 52.5 Å². The van der Waals surface area contributed by atoms with Gasteiger partial charge in [-0.2, -0.15) is 0 Å². The van der Waals surface area contributed by atoms with E-state index in [0.29, 0.717) is 26.2 Å². The van der Waals surface area contributed by atoms with Gasteiger partial charge >= 0.3 is 23.9 Å². The molecule has 0 aromatic rings. The summed E-state index contributed by atoms with van der Waals surface area (Å²) in [6, 6.07) is 0. The molecule has 0 radical (unpaired) electrons. The van der Waals surface area contributed by atoms with E-state index in [-0.39, 0.29) is 37.1 Å². The van der Waals surface area contributed by atoms with Gasteiger partial charge in [-0.1, -0.05) is 0 Å². The van der Waals surface area contributed by atoms with Crippen LogP contribution in [0.3, 0.4) is 0 Å². The summed E-state index contributed by atoms with van der Waals surface area (Å²) in [6.45, 7) is -0.306.